The van der Waals surface area contributed by atoms with Gasteiger partial charge in [-0.3, -0.25) is 14.7 Å². The maximum atomic E-state index is 12.7. The van der Waals surface area contributed by atoms with Gasteiger partial charge in [0.15, 0.2) is 0 Å². The molecule has 3 aromatic rings. The van der Waals surface area contributed by atoms with E-state index in [0.717, 1.165) is 66.0 Å². The summed E-state index contributed by atoms with van der Waals surface area (Å²) in [4.78, 5) is 33.5. The van der Waals surface area contributed by atoms with Crippen LogP contribution in [0.15, 0.2) is 60.9 Å². The Balaban J connectivity index is 0.893. The summed E-state index contributed by atoms with van der Waals surface area (Å²) in [5.74, 6) is 1.18. The summed E-state index contributed by atoms with van der Waals surface area (Å²) in [5, 5.41) is 58.2. The minimum absolute atomic E-state index is 0.00908. The number of benzene rings is 2. The van der Waals surface area contributed by atoms with Gasteiger partial charge in [0, 0.05) is 87.3 Å². The van der Waals surface area contributed by atoms with Gasteiger partial charge in [-0.1, -0.05) is 48.9 Å². The summed E-state index contributed by atoms with van der Waals surface area (Å²) in [6.07, 6.45) is 3.79. The van der Waals surface area contributed by atoms with Crippen LogP contribution in [0.2, 0.25) is 5.02 Å². The molecule has 2 aromatic carbocycles. The second-order valence-corrected chi connectivity index (χ2v) is 16.4. The van der Waals surface area contributed by atoms with Gasteiger partial charge in [-0.2, -0.15) is 0 Å². The maximum Gasteiger partial charge on any atom is 0.317 e. The molecule has 316 valence electrons. The van der Waals surface area contributed by atoms with E-state index in [-0.39, 0.29) is 23.9 Å². The third kappa shape index (κ3) is 11.7. The highest BCUT2D eigenvalue weighted by Crippen LogP contribution is 2.50. The first-order valence-electron chi connectivity index (χ1n) is 20.6. The Morgan fingerprint density at radius 1 is 0.966 bits per heavy atom. The lowest BCUT2D eigenvalue weighted by atomic mass is 9.93. The molecule has 2 heterocycles. The summed E-state index contributed by atoms with van der Waals surface area (Å²) < 4.78 is 6.28. The second kappa shape index (κ2) is 20.4. The number of aromatic nitrogens is 1. The van der Waals surface area contributed by atoms with E-state index < -0.39 is 37.1 Å². The highest BCUT2D eigenvalue weighted by atomic mass is 35.5. The number of urea groups is 1. The molecule has 8 N–H and O–H groups in total. The van der Waals surface area contributed by atoms with Crippen LogP contribution in [0, 0.1) is 0 Å². The Morgan fingerprint density at radius 2 is 1.71 bits per heavy atom. The number of amides is 3. The lowest BCUT2D eigenvalue weighted by Gasteiger charge is -2.35. The molecule has 0 bridgehead atoms. The molecule has 5 atom stereocenters. The zero-order chi connectivity index (χ0) is 41.2. The van der Waals surface area contributed by atoms with Crippen molar-refractivity contribution in [2.24, 2.45) is 0 Å². The van der Waals surface area contributed by atoms with E-state index in [9.17, 15) is 30.0 Å². The molecular weight excluding hydrogens is 764 g/mol. The average molecular weight is 823 g/mol. The van der Waals surface area contributed by atoms with Crippen LogP contribution in [0.4, 0.5) is 4.79 Å². The number of carbonyl (C=O) groups excluding carboxylic acids is 2. The van der Waals surface area contributed by atoms with Crippen LogP contribution in [0.5, 0.6) is 5.75 Å². The number of pyridine rings is 1. The maximum absolute atomic E-state index is 12.7. The minimum atomic E-state index is -1.75. The van der Waals surface area contributed by atoms with E-state index in [4.69, 9.17) is 21.4 Å². The Hall–Kier alpha value is -3.86. The lowest BCUT2D eigenvalue weighted by molar-refractivity contribution is -0.121. The number of halogens is 1. The van der Waals surface area contributed by atoms with Crippen molar-refractivity contribution in [1.82, 2.24) is 30.7 Å². The van der Waals surface area contributed by atoms with Crippen LogP contribution in [0.3, 0.4) is 0 Å². The highest BCUT2D eigenvalue weighted by Gasteiger charge is 2.46. The molecule has 2 saturated carbocycles. The molecule has 6 rings (SSSR count). The Morgan fingerprint density at radius 3 is 2.43 bits per heavy atom. The molecule has 0 spiro atoms. The predicted octanol–water partition coefficient (Wildman–Crippen LogP) is 2.88. The van der Waals surface area contributed by atoms with Crippen molar-refractivity contribution in [1.29, 1.82) is 0 Å². The number of aliphatic hydroxyl groups is 5. The number of nitrogens with zero attached hydrogens (tertiary/aromatic N) is 3. The zero-order valence-electron chi connectivity index (χ0n) is 33.2. The third-order valence-corrected chi connectivity index (χ3v) is 11.9. The summed E-state index contributed by atoms with van der Waals surface area (Å²) >= 11 is 6.74. The van der Waals surface area contributed by atoms with Crippen molar-refractivity contribution >= 4 is 23.5 Å². The van der Waals surface area contributed by atoms with Crippen molar-refractivity contribution in [3.05, 3.63) is 82.6 Å². The first kappa shape index (κ1) is 43.7. The standard InChI is InChI=1S/C43H59ClN6O8/c1-28(5-4-8-39(54)46-17-18-49-19-21-50(22-20-49)42(57)47-26-36(52)40(55)41(56)37(53)27-51)29-9-12-35(44)30(23-29)24-48-43(14-15-43)34-25-45-16-13-32(34)33-6-2-3-7-38(33)58-31-10-11-31/h2-3,6-7,9,12-13,16,23,25,28,31,36-37,40-41,48,51-53,55-56H,4-5,8,10-11,14-15,17-22,24,26-27H2,1H3,(H,46,54)(H,47,57)/t28?,36-,37+,40+,41+/m0/s1. The Bertz CT molecular complexity index is 1820. The fourth-order valence-corrected chi connectivity index (χ4v) is 7.66. The molecule has 1 aliphatic heterocycles. The molecule has 14 nitrogen and oxygen atoms in total. The largest absolute Gasteiger partial charge is 0.490 e. The molecule has 3 aliphatic rings. The fourth-order valence-electron chi connectivity index (χ4n) is 7.47. The van der Waals surface area contributed by atoms with Crippen molar-refractivity contribution in [2.45, 2.75) is 100 Å². The number of rotatable bonds is 21. The predicted molar refractivity (Wildman–Crippen MR) is 220 cm³/mol. The molecule has 0 radical (unpaired) electrons. The quantitative estimate of drug-likeness (QED) is 0.0787. The number of ether oxygens (including phenoxy) is 1. The van der Waals surface area contributed by atoms with Crippen LogP contribution in [0.1, 0.15) is 74.5 Å². The van der Waals surface area contributed by atoms with E-state index in [1.54, 1.807) is 4.90 Å². The smallest absolute Gasteiger partial charge is 0.317 e. The first-order chi connectivity index (χ1) is 28.0. The monoisotopic (exact) mass is 822 g/mol. The summed E-state index contributed by atoms with van der Waals surface area (Å²) in [5.41, 5.74) is 5.48. The summed E-state index contributed by atoms with van der Waals surface area (Å²) in [6, 6.07) is 16.2. The van der Waals surface area contributed by atoms with Crippen molar-refractivity contribution in [3.63, 3.8) is 0 Å². The van der Waals surface area contributed by atoms with Gasteiger partial charge < -0.3 is 51.1 Å². The first-order valence-corrected chi connectivity index (χ1v) is 20.9. The van der Waals surface area contributed by atoms with E-state index in [2.05, 4.69) is 69.2 Å². The van der Waals surface area contributed by atoms with Crippen LogP contribution < -0.4 is 20.7 Å². The van der Waals surface area contributed by atoms with E-state index in [1.165, 1.54) is 11.1 Å². The molecule has 1 unspecified atom stereocenters. The highest BCUT2D eigenvalue weighted by molar-refractivity contribution is 6.31. The number of para-hydroxylation sites is 1. The van der Waals surface area contributed by atoms with Gasteiger partial charge in [-0.15, -0.1) is 0 Å². The van der Waals surface area contributed by atoms with Crippen LogP contribution >= 0.6 is 11.6 Å². The molecule has 3 amide bonds. The minimum Gasteiger partial charge on any atom is -0.490 e. The Labute approximate surface area is 345 Å². The van der Waals surface area contributed by atoms with Gasteiger partial charge in [0.25, 0.3) is 0 Å². The molecule has 3 fully saturated rings. The Kier molecular flexibility index (Phi) is 15.4. The van der Waals surface area contributed by atoms with Crippen LogP contribution in [0.25, 0.3) is 11.1 Å². The molecule has 1 aromatic heterocycles. The normalized spacial score (nSPS) is 19.1. The van der Waals surface area contributed by atoms with E-state index in [1.807, 2.05) is 24.5 Å². The second-order valence-electron chi connectivity index (χ2n) is 16.0. The summed E-state index contributed by atoms with van der Waals surface area (Å²) in [6.45, 7) is 4.97. The number of nitrogens with one attached hydrogen (secondary N) is 3. The van der Waals surface area contributed by atoms with Gasteiger partial charge in [-0.25, -0.2) is 4.79 Å². The van der Waals surface area contributed by atoms with Crippen LogP contribution in [-0.4, -0.2) is 135 Å². The van der Waals surface area contributed by atoms with Crippen molar-refractivity contribution in [3.8, 4) is 16.9 Å². The number of carbonyl (C=O) groups is 2. The van der Waals surface area contributed by atoms with Gasteiger partial charge in [0.1, 0.15) is 24.1 Å². The molecule has 2 aliphatic carbocycles. The average Bonchev–Trinajstić information content (AvgIpc) is 4.20. The molecule has 15 heteroatoms. The van der Waals surface area contributed by atoms with E-state index in [0.29, 0.717) is 58.3 Å². The number of piperazine rings is 1. The third-order valence-electron chi connectivity index (χ3n) is 11.6. The lowest BCUT2D eigenvalue weighted by Crippen LogP contribution is -2.55. The van der Waals surface area contributed by atoms with Gasteiger partial charge in [-0.05, 0) is 84.9 Å². The van der Waals surface area contributed by atoms with Crippen molar-refractivity contribution in [2.75, 3.05) is 52.4 Å². The van der Waals surface area contributed by atoms with Gasteiger partial charge in [0.2, 0.25) is 5.91 Å². The van der Waals surface area contributed by atoms with Crippen LogP contribution in [-0.2, 0) is 16.9 Å². The van der Waals surface area contributed by atoms with Gasteiger partial charge in [0.05, 0.1) is 18.8 Å². The number of hydrogen-bond donors (Lipinski definition) is 8. The molecule has 1 saturated heterocycles. The number of hydrogen-bond acceptors (Lipinski definition) is 11. The SMILES string of the molecule is CC(CCCC(=O)NCCN1CCN(C(=O)NC[C@H](O)[C@@H](O)[C@H](O)[C@H](O)CO)CC1)c1ccc(Cl)c(CNC2(c3cnccc3-c3ccccc3OC3CC3)CC2)c1. The topological polar surface area (TPSA) is 200 Å². The number of aliphatic hydroxyl groups excluding tert-OH is 5. The van der Waals surface area contributed by atoms with E-state index >= 15 is 0 Å². The zero-order valence-corrected chi connectivity index (χ0v) is 34.0. The fraction of sp³-hybridized carbons (Fsp3) is 0.558. The summed E-state index contributed by atoms with van der Waals surface area (Å²) in [7, 11) is 0. The molecular formula is C43H59ClN6O8. The van der Waals surface area contributed by atoms with Crippen molar-refractivity contribution < 1.29 is 39.9 Å². The van der Waals surface area contributed by atoms with Gasteiger partial charge >= 0.3 is 6.03 Å². The molecule has 58 heavy (non-hydrogen) atoms.